The van der Waals surface area contributed by atoms with Crippen LogP contribution in [0.15, 0.2) is 24.4 Å². The van der Waals surface area contributed by atoms with Gasteiger partial charge < -0.3 is 20.0 Å². The van der Waals surface area contributed by atoms with Crippen molar-refractivity contribution in [2.45, 2.75) is 77.6 Å². The number of aromatic nitrogens is 1. The average Bonchev–Trinajstić information content (AvgIpc) is 3.40. The molecule has 3 aliphatic carbocycles. The molecule has 5 atom stereocenters. The summed E-state index contributed by atoms with van der Waals surface area (Å²) in [6.45, 7) is 4.09. The summed E-state index contributed by atoms with van der Waals surface area (Å²) in [4.78, 5) is 53.7. The first-order valence-electron chi connectivity index (χ1n) is 13.4. The van der Waals surface area contributed by atoms with Crippen LogP contribution in [-0.4, -0.2) is 28.6 Å². The largest absolute Gasteiger partial charge is 1.00 e. The van der Waals surface area contributed by atoms with Crippen molar-refractivity contribution in [1.29, 1.82) is 0 Å². The number of ketones is 1. The molecule has 0 bridgehead atoms. The molecular weight excluding hydrogens is 527 g/mol. The van der Waals surface area contributed by atoms with Crippen LogP contribution >= 0.6 is 11.3 Å². The Bertz CT molecular complexity index is 1280. The minimum atomic E-state index is -1.28. The molecule has 2 fully saturated rings. The fraction of sp³-hybridized carbons (Fsp3) is 0.552. The first kappa shape index (κ1) is 29.9. The van der Waals surface area contributed by atoms with Crippen LogP contribution in [0, 0.1) is 30.1 Å². The van der Waals surface area contributed by atoms with Gasteiger partial charge in [-0.05, 0) is 92.4 Å². The molecule has 3 aliphatic rings. The van der Waals surface area contributed by atoms with Gasteiger partial charge in [-0.25, -0.2) is 4.98 Å². The molecule has 1 N–H and O–H groups in total. The number of aryl methyl sites for hydroxylation is 2. The van der Waals surface area contributed by atoms with Crippen LogP contribution in [0.5, 0.6) is 5.75 Å². The summed E-state index contributed by atoms with van der Waals surface area (Å²) in [7, 11) is 0. The molecule has 0 spiro atoms. The standard InChI is InChI=1S/C29H34N2O6S.Na/c1-16-15-30-28(38-16)31-24(33)8-4-18-14-23(32)29(2)12-11-21-20-7-5-19(37-26(36)10-9-25(34)35)13-17(20)3-6-22(21)27(18)29;/h5,7,13,15,18,21-22,27H,3-4,6,8-12,14H2,1-2H3,(H,34,35)(H,30,31,33);/q;+1/p-1/t18-,21?,22?,27?,29-;/m1./s1. The van der Waals surface area contributed by atoms with Crippen molar-refractivity contribution in [1.82, 2.24) is 4.98 Å². The molecule has 0 saturated heterocycles. The molecule has 0 aliphatic heterocycles. The van der Waals surface area contributed by atoms with Crippen molar-refractivity contribution in [2.75, 3.05) is 5.32 Å². The van der Waals surface area contributed by atoms with Gasteiger partial charge in [0.1, 0.15) is 11.5 Å². The first-order chi connectivity index (χ1) is 18.1. The minimum Gasteiger partial charge on any atom is -0.550 e. The number of esters is 1. The van der Waals surface area contributed by atoms with Crippen molar-refractivity contribution in [2.24, 2.45) is 23.2 Å². The maximum Gasteiger partial charge on any atom is 1.00 e. The topological polar surface area (TPSA) is 125 Å². The Hall–Kier alpha value is -2.07. The molecule has 1 aromatic carbocycles. The number of amides is 1. The van der Waals surface area contributed by atoms with Crippen LogP contribution in [0.1, 0.15) is 80.2 Å². The summed E-state index contributed by atoms with van der Waals surface area (Å²) in [5.74, 6) is 0.00309. The third kappa shape index (κ3) is 6.32. The van der Waals surface area contributed by atoms with E-state index in [1.165, 1.54) is 16.9 Å². The van der Waals surface area contributed by atoms with Gasteiger partial charge >= 0.3 is 35.5 Å². The SMILES string of the molecule is Cc1cnc(NC(=O)CC[C@@H]2CC(=O)[C@@]3(C)CCC4c5ccc(OC(=O)CCC(=O)[O-])cc5CCC4C23)s1.[Na+]. The number of fused-ring (bicyclic) bond motifs is 5. The van der Waals surface area contributed by atoms with Gasteiger partial charge in [-0.15, -0.1) is 11.3 Å². The molecule has 3 unspecified atom stereocenters. The Morgan fingerprint density at radius 1 is 1.21 bits per heavy atom. The van der Waals surface area contributed by atoms with E-state index in [0.29, 0.717) is 47.8 Å². The molecule has 2 saturated carbocycles. The number of ether oxygens (including phenoxy) is 1. The van der Waals surface area contributed by atoms with Gasteiger partial charge in [-0.3, -0.25) is 14.4 Å². The predicted octanol–water partition coefficient (Wildman–Crippen LogP) is 0.961. The Morgan fingerprint density at radius 2 is 2.00 bits per heavy atom. The van der Waals surface area contributed by atoms with E-state index in [1.54, 1.807) is 12.3 Å². The number of Topliss-reactive ketones (excluding diaryl/α,β-unsaturated/α-hetero) is 1. The number of aliphatic carboxylic acids is 1. The fourth-order valence-corrected chi connectivity index (χ4v) is 7.92. The number of hydrogen-bond donors (Lipinski definition) is 1. The number of carbonyl (C=O) groups is 4. The minimum absolute atomic E-state index is 0. The van der Waals surface area contributed by atoms with Gasteiger partial charge in [0.25, 0.3) is 0 Å². The van der Waals surface area contributed by atoms with Gasteiger partial charge in [-0.1, -0.05) is 13.0 Å². The second-order valence-corrected chi connectivity index (χ2v) is 12.5. The molecule has 8 nitrogen and oxygen atoms in total. The smallest absolute Gasteiger partial charge is 0.550 e. The van der Waals surface area contributed by atoms with Crippen LogP contribution in [0.25, 0.3) is 0 Å². The molecule has 39 heavy (non-hydrogen) atoms. The zero-order chi connectivity index (χ0) is 27.0. The van der Waals surface area contributed by atoms with E-state index in [9.17, 15) is 24.3 Å². The van der Waals surface area contributed by atoms with Crippen molar-refractivity contribution in [3.8, 4) is 5.75 Å². The van der Waals surface area contributed by atoms with E-state index in [1.807, 2.05) is 19.1 Å². The van der Waals surface area contributed by atoms with Crippen LogP contribution in [0.3, 0.4) is 0 Å². The van der Waals surface area contributed by atoms with Crippen molar-refractivity contribution in [3.05, 3.63) is 40.4 Å². The van der Waals surface area contributed by atoms with Crippen molar-refractivity contribution < 1.29 is 58.6 Å². The number of carbonyl (C=O) groups excluding carboxylic acids is 4. The van der Waals surface area contributed by atoms with Crippen LogP contribution in [-0.2, 0) is 25.6 Å². The molecule has 0 radical (unpaired) electrons. The Balaban J connectivity index is 0.00000353. The molecule has 5 rings (SSSR count). The van der Waals surface area contributed by atoms with Crippen molar-refractivity contribution in [3.63, 3.8) is 0 Å². The summed E-state index contributed by atoms with van der Waals surface area (Å²) in [6.07, 6.45) is 6.35. The number of hydrogen-bond acceptors (Lipinski definition) is 8. The second-order valence-electron chi connectivity index (χ2n) is 11.2. The first-order valence-corrected chi connectivity index (χ1v) is 14.2. The summed E-state index contributed by atoms with van der Waals surface area (Å²) >= 11 is 1.46. The Kier molecular flexibility index (Phi) is 9.36. The molecule has 1 heterocycles. The second kappa shape index (κ2) is 12.2. The monoisotopic (exact) mass is 560 g/mol. The zero-order valence-corrected chi connectivity index (χ0v) is 25.6. The number of benzene rings is 1. The third-order valence-corrected chi connectivity index (χ3v) is 9.74. The van der Waals surface area contributed by atoms with E-state index in [2.05, 4.69) is 17.2 Å². The fourth-order valence-electron chi connectivity index (χ4n) is 7.24. The number of nitrogens with zero attached hydrogens (tertiary/aromatic N) is 1. The summed E-state index contributed by atoms with van der Waals surface area (Å²) in [6, 6.07) is 5.72. The molecular formula is C29H33N2NaO6S. The van der Waals surface area contributed by atoms with E-state index >= 15 is 0 Å². The average molecular weight is 561 g/mol. The Morgan fingerprint density at radius 3 is 2.72 bits per heavy atom. The third-order valence-electron chi connectivity index (χ3n) is 8.92. The van der Waals surface area contributed by atoms with E-state index < -0.39 is 11.9 Å². The molecule has 2 aromatic rings. The van der Waals surface area contributed by atoms with Crippen molar-refractivity contribution >= 4 is 40.1 Å². The van der Waals surface area contributed by atoms with Gasteiger partial charge in [0.05, 0.1) is 6.42 Å². The maximum atomic E-state index is 13.2. The molecule has 10 heteroatoms. The van der Waals surface area contributed by atoms with Gasteiger partial charge in [0.2, 0.25) is 5.91 Å². The molecule has 1 amide bonds. The number of anilines is 1. The summed E-state index contributed by atoms with van der Waals surface area (Å²) < 4.78 is 5.37. The predicted molar refractivity (Wildman–Crippen MR) is 140 cm³/mol. The molecule has 1 aromatic heterocycles. The summed E-state index contributed by atoms with van der Waals surface area (Å²) in [5, 5.41) is 14.1. The number of carboxylic acid groups (broad SMARTS) is 1. The van der Waals surface area contributed by atoms with Gasteiger partial charge in [0.15, 0.2) is 5.13 Å². The quantitative estimate of drug-likeness (QED) is 0.290. The van der Waals surface area contributed by atoms with E-state index in [4.69, 9.17) is 4.74 Å². The van der Waals surface area contributed by atoms with Crippen LogP contribution in [0.4, 0.5) is 5.13 Å². The van der Waals surface area contributed by atoms with Gasteiger partial charge in [0, 0.05) is 35.3 Å². The normalized spacial score (nSPS) is 27.0. The number of thiazole rings is 1. The summed E-state index contributed by atoms with van der Waals surface area (Å²) in [5.41, 5.74) is 2.08. The number of carboxylic acids is 1. The van der Waals surface area contributed by atoms with E-state index in [-0.39, 0.29) is 65.6 Å². The van der Waals surface area contributed by atoms with E-state index in [0.717, 1.165) is 36.1 Å². The number of nitrogens with one attached hydrogen (secondary N) is 1. The maximum absolute atomic E-state index is 13.2. The number of rotatable bonds is 8. The van der Waals surface area contributed by atoms with Crippen LogP contribution < -0.4 is 44.7 Å². The Labute approximate surface area is 254 Å². The zero-order valence-electron chi connectivity index (χ0n) is 22.8. The van der Waals surface area contributed by atoms with Crippen LogP contribution in [0.2, 0.25) is 0 Å². The molecule has 202 valence electrons. The van der Waals surface area contributed by atoms with Gasteiger partial charge in [-0.2, -0.15) is 0 Å².